The van der Waals surface area contributed by atoms with Gasteiger partial charge in [0.05, 0.1) is 12.2 Å². The lowest BCUT2D eigenvalue weighted by atomic mass is 10.0. The minimum atomic E-state index is -4.49. The van der Waals surface area contributed by atoms with Crippen molar-refractivity contribution in [3.05, 3.63) is 95.1 Å². The number of carbonyl (C=O) groups is 1. The van der Waals surface area contributed by atoms with Crippen LogP contribution in [0.4, 0.5) is 23.7 Å². The van der Waals surface area contributed by atoms with Crippen LogP contribution in [0.25, 0.3) is 0 Å². The van der Waals surface area contributed by atoms with Crippen LogP contribution in [-0.4, -0.2) is 17.5 Å². The minimum absolute atomic E-state index is 0.0990. The quantitative estimate of drug-likeness (QED) is 0.207. The summed E-state index contributed by atoms with van der Waals surface area (Å²) < 4.78 is 45.3. The minimum Gasteiger partial charge on any atom is -0.494 e. The Bertz CT molecular complexity index is 1150. The lowest BCUT2D eigenvalue weighted by Gasteiger charge is -2.24. The first-order chi connectivity index (χ1) is 18.8. The number of unbranched alkanes of at least 4 members (excludes halogenated alkanes) is 4. The number of halogens is 3. The number of nitrogens with zero attached hydrogens (tertiary/aromatic N) is 1. The molecule has 0 bridgehead atoms. The number of nitrogens with one attached hydrogen (secondary N) is 1. The van der Waals surface area contributed by atoms with Crippen LogP contribution in [0.15, 0.2) is 72.8 Å². The number of aryl methyl sites for hydroxylation is 1. The number of benzene rings is 3. The summed E-state index contributed by atoms with van der Waals surface area (Å²) in [4.78, 5) is 14.9. The third-order valence-electron chi connectivity index (χ3n) is 6.51. The molecule has 0 aliphatic rings. The molecule has 210 valence electrons. The Kier molecular flexibility index (Phi) is 11.7. The molecular weight excluding hydrogens is 501 g/mol. The van der Waals surface area contributed by atoms with Crippen molar-refractivity contribution in [3.63, 3.8) is 0 Å². The number of urea groups is 1. The van der Waals surface area contributed by atoms with E-state index in [1.54, 1.807) is 4.90 Å². The zero-order valence-electron chi connectivity index (χ0n) is 22.9. The molecular formula is C32H39F3N2O2. The summed E-state index contributed by atoms with van der Waals surface area (Å²) in [5, 5.41) is 2.65. The smallest absolute Gasteiger partial charge is 0.416 e. The summed E-state index contributed by atoms with van der Waals surface area (Å²) in [6, 6.07) is 20.0. The van der Waals surface area contributed by atoms with Crippen molar-refractivity contribution in [1.82, 2.24) is 4.90 Å². The maximum absolute atomic E-state index is 13.3. The summed E-state index contributed by atoms with van der Waals surface area (Å²) in [5.41, 5.74) is 2.39. The Morgan fingerprint density at radius 1 is 0.795 bits per heavy atom. The molecule has 0 spiro atoms. The lowest BCUT2D eigenvalue weighted by Crippen LogP contribution is -2.34. The Balaban J connectivity index is 1.73. The second kappa shape index (κ2) is 15.2. The molecule has 0 aliphatic heterocycles. The highest BCUT2D eigenvalue weighted by molar-refractivity contribution is 5.89. The maximum atomic E-state index is 13.3. The molecule has 3 aromatic carbocycles. The molecule has 3 aromatic rings. The van der Waals surface area contributed by atoms with Crippen molar-refractivity contribution >= 4 is 11.7 Å². The molecule has 0 heterocycles. The second-order valence-corrected chi connectivity index (χ2v) is 9.84. The third kappa shape index (κ3) is 10.3. The van der Waals surface area contributed by atoms with E-state index in [-0.39, 0.29) is 5.69 Å². The van der Waals surface area contributed by atoms with Gasteiger partial charge in [0.15, 0.2) is 0 Å². The van der Waals surface area contributed by atoms with Crippen molar-refractivity contribution in [2.75, 3.05) is 11.9 Å². The van der Waals surface area contributed by atoms with Gasteiger partial charge < -0.3 is 15.0 Å². The van der Waals surface area contributed by atoms with Gasteiger partial charge in [-0.15, -0.1) is 0 Å². The lowest BCUT2D eigenvalue weighted by molar-refractivity contribution is -0.137. The summed E-state index contributed by atoms with van der Waals surface area (Å²) in [7, 11) is 0. The predicted molar refractivity (Wildman–Crippen MR) is 151 cm³/mol. The van der Waals surface area contributed by atoms with E-state index in [1.807, 2.05) is 36.4 Å². The van der Waals surface area contributed by atoms with E-state index in [0.29, 0.717) is 19.7 Å². The summed E-state index contributed by atoms with van der Waals surface area (Å²) in [5.74, 6) is 0.772. The highest BCUT2D eigenvalue weighted by atomic mass is 19.4. The van der Waals surface area contributed by atoms with Gasteiger partial charge in [0, 0.05) is 18.8 Å². The Morgan fingerprint density at radius 3 is 2.00 bits per heavy atom. The number of anilines is 1. The van der Waals surface area contributed by atoms with Gasteiger partial charge in [0.25, 0.3) is 0 Å². The normalized spacial score (nSPS) is 11.3. The first-order valence-electron chi connectivity index (χ1n) is 13.8. The fourth-order valence-corrected chi connectivity index (χ4v) is 4.24. The highest BCUT2D eigenvalue weighted by Gasteiger charge is 2.30. The van der Waals surface area contributed by atoms with Crippen molar-refractivity contribution in [2.24, 2.45) is 0 Å². The van der Waals surface area contributed by atoms with Crippen LogP contribution in [0.1, 0.15) is 74.6 Å². The second-order valence-electron chi connectivity index (χ2n) is 9.84. The van der Waals surface area contributed by atoms with E-state index in [4.69, 9.17) is 4.74 Å². The van der Waals surface area contributed by atoms with Crippen LogP contribution >= 0.6 is 0 Å². The molecule has 0 unspecified atom stereocenters. The van der Waals surface area contributed by atoms with Crippen LogP contribution in [0.2, 0.25) is 0 Å². The molecule has 7 heteroatoms. The van der Waals surface area contributed by atoms with E-state index >= 15 is 0 Å². The molecule has 0 radical (unpaired) electrons. The van der Waals surface area contributed by atoms with Gasteiger partial charge in [-0.25, -0.2) is 4.79 Å². The van der Waals surface area contributed by atoms with E-state index in [2.05, 4.69) is 31.3 Å². The Hall–Kier alpha value is -3.48. The molecule has 0 saturated carbocycles. The standard InChI is InChI=1S/C32H39F3N2O2/c1-3-5-7-10-25-13-15-26(16-14-25)23-37(24-27-17-19-30(20-18-27)39-21-8-6-4-2)31(38)36-29-12-9-11-28(22-29)32(33,34)35/h9,11-20,22H,3-8,10,21,23-24H2,1-2H3,(H,36,38). The SMILES string of the molecule is CCCCCOc1ccc(CN(Cc2ccc(CCCCC)cc2)C(=O)Nc2cccc(C(F)(F)F)c2)cc1. The maximum Gasteiger partial charge on any atom is 0.416 e. The van der Waals surface area contributed by atoms with Crippen LogP contribution < -0.4 is 10.1 Å². The van der Waals surface area contributed by atoms with Crippen molar-refractivity contribution in [3.8, 4) is 5.75 Å². The molecule has 4 nitrogen and oxygen atoms in total. The largest absolute Gasteiger partial charge is 0.494 e. The number of rotatable bonds is 14. The number of alkyl halides is 3. The van der Waals surface area contributed by atoms with Crippen LogP contribution in [0, 0.1) is 0 Å². The van der Waals surface area contributed by atoms with E-state index < -0.39 is 17.8 Å². The van der Waals surface area contributed by atoms with Gasteiger partial charge in [-0.05, 0) is 66.3 Å². The van der Waals surface area contributed by atoms with Crippen LogP contribution in [-0.2, 0) is 25.7 Å². The van der Waals surface area contributed by atoms with Gasteiger partial charge in [-0.2, -0.15) is 13.2 Å². The number of carbonyl (C=O) groups excluding carboxylic acids is 1. The van der Waals surface area contributed by atoms with Crippen molar-refractivity contribution < 1.29 is 22.7 Å². The molecule has 0 fully saturated rings. The van der Waals surface area contributed by atoms with E-state index in [1.165, 1.54) is 30.5 Å². The molecule has 0 aromatic heterocycles. The van der Waals surface area contributed by atoms with Gasteiger partial charge in [-0.1, -0.05) is 82.0 Å². The monoisotopic (exact) mass is 540 g/mol. The number of ether oxygens (including phenoxy) is 1. The Labute approximate surface area is 230 Å². The first-order valence-corrected chi connectivity index (χ1v) is 13.8. The molecule has 0 atom stereocenters. The number of hydrogen-bond donors (Lipinski definition) is 1. The fraction of sp³-hybridized carbons (Fsp3) is 0.406. The van der Waals surface area contributed by atoms with Crippen molar-refractivity contribution in [1.29, 1.82) is 0 Å². The van der Waals surface area contributed by atoms with E-state index in [0.717, 1.165) is 61.1 Å². The number of hydrogen-bond acceptors (Lipinski definition) is 2. The third-order valence-corrected chi connectivity index (χ3v) is 6.51. The average Bonchev–Trinajstić information content (AvgIpc) is 2.92. The molecule has 1 N–H and O–H groups in total. The molecule has 39 heavy (non-hydrogen) atoms. The van der Waals surface area contributed by atoms with Crippen molar-refractivity contribution in [2.45, 2.75) is 78.1 Å². The summed E-state index contributed by atoms with van der Waals surface area (Å²) in [6.07, 6.45) is 3.27. The zero-order chi connectivity index (χ0) is 28.1. The Morgan fingerprint density at radius 2 is 1.38 bits per heavy atom. The highest BCUT2D eigenvalue weighted by Crippen LogP contribution is 2.31. The summed E-state index contributed by atoms with van der Waals surface area (Å²) >= 11 is 0. The van der Waals surface area contributed by atoms with Gasteiger partial charge >= 0.3 is 12.2 Å². The first kappa shape index (κ1) is 30.1. The summed E-state index contributed by atoms with van der Waals surface area (Å²) in [6.45, 7) is 5.59. The van der Waals surface area contributed by atoms with Crippen LogP contribution in [0.5, 0.6) is 5.75 Å². The zero-order valence-corrected chi connectivity index (χ0v) is 22.9. The molecule has 0 aliphatic carbocycles. The fourth-order valence-electron chi connectivity index (χ4n) is 4.24. The molecule has 3 rings (SSSR count). The van der Waals surface area contributed by atoms with E-state index in [9.17, 15) is 18.0 Å². The van der Waals surface area contributed by atoms with Gasteiger partial charge in [-0.3, -0.25) is 0 Å². The van der Waals surface area contributed by atoms with Crippen LogP contribution in [0.3, 0.4) is 0 Å². The molecule has 0 saturated heterocycles. The average molecular weight is 541 g/mol. The van der Waals surface area contributed by atoms with Gasteiger partial charge in [0.2, 0.25) is 0 Å². The topological polar surface area (TPSA) is 41.6 Å². The molecule has 2 amide bonds. The van der Waals surface area contributed by atoms with Gasteiger partial charge in [0.1, 0.15) is 5.75 Å². The predicted octanol–water partition coefficient (Wildman–Crippen LogP) is 9.24. The number of amides is 2.